The quantitative estimate of drug-likeness (QED) is 0.645. The highest BCUT2D eigenvalue weighted by molar-refractivity contribution is 5.75. The van der Waals surface area contributed by atoms with Crippen molar-refractivity contribution >= 4 is 17.8 Å². The van der Waals surface area contributed by atoms with Crippen LogP contribution >= 0.6 is 0 Å². The smallest absolute Gasteiger partial charge is 0.322 e. The number of rotatable bonds is 8. The minimum Gasteiger partial charge on any atom is -0.467 e. The Kier molecular flexibility index (Phi) is 5.48. The summed E-state index contributed by atoms with van der Waals surface area (Å²) in [5.41, 5.74) is 4.66. The van der Waals surface area contributed by atoms with E-state index >= 15 is 0 Å². The van der Waals surface area contributed by atoms with Gasteiger partial charge >= 0.3 is 6.01 Å². The maximum Gasteiger partial charge on any atom is 0.322 e. The van der Waals surface area contributed by atoms with Crippen molar-refractivity contribution in [3.63, 3.8) is 0 Å². The topological polar surface area (TPSA) is 115 Å². The van der Waals surface area contributed by atoms with Gasteiger partial charge in [-0.1, -0.05) is 6.92 Å². The van der Waals surface area contributed by atoms with Gasteiger partial charge in [-0.25, -0.2) is 0 Å². The molecule has 0 fully saturated rings. The highest BCUT2D eigenvalue weighted by Crippen LogP contribution is 2.17. The number of primary amides is 1. The molecule has 1 heterocycles. The monoisotopic (exact) mass is 282 g/mol. The van der Waals surface area contributed by atoms with Gasteiger partial charge in [-0.3, -0.25) is 4.79 Å². The predicted octanol–water partition coefficient (Wildman–Crippen LogP) is 0.768. The summed E-state index contributed by atoms with van der Waals surface area (Å²) in [6, 6.07) is 0.205. The van der Waals surface area contributed by atoms with Crippen LogP contribution in [0.25, 0.3) is 0 Å². The molecule has 20 heavy (non-hydrogen) atoms. The molecule has 112 valence electrons. The highest BCUT2D eigenvalue weighted by atomic mass is 16.5. The number of anilines is 2. The van der Waals surface area contributed by atoms with Gasteiger partial charge in [0.25, 0.3) is 0 Å². The Morgan fingerprint density at radius 3 is 2.50 bits per heavy atom. The third kappa shape index (κ3) is 5.25. The Hall–Kier alpha value is -2.12. The molecule has 1 aromatic heterocycles. The van der Waals surface area contributed by atoms with E-state index in [9.17, 15) is 4.79 Å². The summed E-state index contributed by atoms with van der Waals surface area (Å²) in [7, 11) is 1.48. The second-order valence-electron chi connectivity index (χ2n) is 5.05. The van der Waals surface area contributed by atoms with Gasteiger partial charge in [-0.05, 0) is 20.3 Å². The normalized spacial score (nSPS) is 11.0. The number of hydrogen-bond acceptors (Lipinski definition) is 7. The SMILES string of the molecule is CCCNc1nc(NC(C)(C)CC(N)=O)nc(OC)n1. The van der Waals surface area contributed by atoms with Crippen LogP contribution in [0.1, 0.15) is 33.6 Å². The van der Waals surface area contributed by atoms with E-state index in [2.05, 4.69) is 25.6 Å². The third-order valence-corrected chi connectivity index (χ3v) is 2.40. The van der Waals surface area contributed by atoms with E-state index in [1.54, 1.807) is 0 Å². The van der Waals surface area contributed by atoms with Gasteiger partial charge in [0, 0.05) is 18.5 Å². The fraction of sp³-hybridized carbons (Fsp3) is 0.667. The molecule has 0 aliphatic carbocycles. The summed E-state index contributed by atoms with van der Waals surface area (Å²) in [5.74, 6) is 0.366. The standard InChI is InChI=1S/C12H22N6O2/c1-5-6-14-9-15-10(17-11(16-9)20-4)18-12(2,3)7-8(13)19/h5-7H2,1-4H3,(H2,13,19)(H2,14,15,16,17,18). The van der Waals surface area contributed by atoms with Crippen molar-refractivity contribution in [3.8, 4) is 6.01 Å². The Labute approximate surface area is 118 Å². The fourth-order valence-corrected chi connectivity index (χ4v) is 1.60. The fourth-order valence-electron chi connectivity index (χ4n) is 1.60. The number of amides is 1. The molecule has 0 unspecified atom stereocenters. The molecule has 0 radical (unpaired) electrons. The van der Waals surface area contributed by atoms with Crippen LogP contribution in [0.4, 0.5) is 11.9 Å². The van der Waals surface area contributed by atoms with Gasteiger partial charge in [-0.2, -0.15) is 15.0 Å². The van der Waals surface area contributed by atoms with Crippen molar-refractivity contribution in [1.29, 1.82) is 0 Å². The first-order valence-electron chi connectivity index (χ1n) is 6.46. The summed E-state index contributed by atoms with van der Waals surface area (Å²) < 4.78 is 5.04. The van der Waals surface area contributed by atoms with Crippen molar-refractivity contribution in [3.05, 3.63) is 0 Å². The van der Waals surface area contributed by atoms with Gasteiger partial charge in [0.1, 0.15) is 0 Å². The number of nitrogens with two attached hydrogens (primary N) is 1. The maximum absolute atomic E-state index is 11.0. The number of methoxy groups -OCH3 is 1. The summed E-state index contributed by atoms with van der Waals surface area (Å²) in [4.78, 5) is 23.5. The largest absolute Gasteiger partial charge is 0.467 e. The zero-order valence-corrected chi connectivity index (χ0v) is 12.4. The lowest BCUT2D eigenvalue weighted by Gasteiger charge is -2.24. The Morgan fingerprint density at radius 1 is 1.30 bits per heavy atom. The zero-order chi connectivity index (χ0) is 15.2. The minimum atomic E-state index is -0.555. The molecular formula is C12H22N6O2. The van der Waals surface area contributed by atoms with Crippen molar-refractivity contribution in [2.24, 2.45) is 5.73 Å². The Balaban J connectivity index is 2.90. The molecule has 0 saturated carbocycles. The van der Waals surface area contributed by atoms with Gasteiger partial charge in [0.15, 0.2) is 0 Å². The maximum atomic E-state index is 11.0. The molecule has 0 aromatic carbocycles. The van der Waals surface area contributed by atoms with E-state index in [0.29, 0.717) is 11.9 Å². The number of carbonyl (C=O) groups excluding carboxylic acids is 1. The van der Waals surface area contributed by atoms with Crippen LogP contribution in [0.5, 0.6) is 6.01 Å². The molecule has 8 nitrogen and oxygen atoms in total. The summed E-state index contributed by atoms with van der Waals surface area (Å²) in [5, 5.41) is 6.12. The van der Waals surface area contributed by atoms with Crippen LogP contribution in [0, 0.1) is 0 Å². The Morgan fingerprint density at radius 2 is 1.95 bits per heavy atom. The lowest BCUT2D eigenvalue weighted by atomic mass is 10.0. The molecular weight excluding hydrogens is 260 g/mol. The first-order chi connectivity index (χ1) is 9.36. The number of nitrogens with zero attached hydrogens (tertiary/aromatic N) is 3. The van der Waals surface area contributed by atoms with Gasteiger partial charge < -0.3 is 21.1 Å². The molecule has 4 N–H and O–H groups in total. The number of hydrogen-bond donors (Lipinski definition) is 3. The molecule has 0 atom stereocenters. The average Bonchev–Trinajstić information content (AvgIpc) is 2.33. The zero-order valence-electron chi connectivity index (χ0n) is 12.4. The average molecular weight is 282 g/mol. The van der Waals surface area contributed by atoms with Crippen molar-refractivity contribution in [2.45, 2.75) is 39.2 Å². The lowest BCUT2D eigenvalue weighted by molar-refractivity contribution is -0.118. The lowest BCUT2D eigenvalue weighted by Crippen LogP contribution is -2.36. The predicted molar refractivity (Wildman–Crippen MR) is 76.7 cm³/mol. The van der Waals surface area contributed by atoms with E-state index < -0.39 is 11.4 Å². The molecule has 1 rings (SSSR count). The van der Waals surface area contributed by atoms with Gasteiger partial charge in [0.2, 0.25) is 17.8 Å². The first-order valence-corrected chi connectivity index (χ1v) is 6.46. The summed E-state index contributed by atoms with van der Waals surface area (Å²) in [6.45, 7) is 6.47. The van der Waals surface area contributed by atoms with Crippen LogP contribution in [0.15, 0.2) is 0 Å². The van der Waals surface area contributed by atoms with Crippen molar-refractivity contribution in [2.75, 3.05) is 24.3 Å². The molecule has 8 heteroatoms. The van der Waals surface area contributed by atoms with Crippen molar-refractivity contribution in [1.82, 2.24) is 15.0 Å². The number of nitrogens with one attached hydrogen (secondary N) is 2. The van der Waals surface area contributed by atoms with Crippen LogP contribution in [0.3, 0.4) is 0 Å². The van der Waals surface area contributed by atoms with E-state index in [4.69, 9.17) is 10.5 Å². The summed E-state index contributed by atoms with van der Waals surface area (Å²) in [6.07, 6.45) is 1.11. The first kappa shape index (κ1) is 15.9. The Bertz CT molecular complexity index is 463. The highest BCUT2D eigenvalue weighted by Gasteiger charge is 2.22. The molecule has 1 amide bonds. The van der Waals surface area contributed by atoms with Crippen LogP contribution in [-0.4, -0.2) is 40.1 Å². The van der Waals surface area contributed by atoms with Gasteiger partial charge in [0.05, 0.1) is 7.11 Å². The molecule has 1 aromatic rings. The second kappa shape index (κ2) is 6.88. The summed E-state index contributed by atoms with van der Waals surface area (Å²) >= 11 is 0. The van der Waals surface area contributed by atoms with Crippen LogP contribution in [0.2, 0.25) is 0 Å². The molecule has 0 saturated heterocycles. The number of carbonyl (C=O) groups is 1. The number of aromatic nitrogens is 3. The van der Waals surface area contributed by atoms with Gasteiger partial charge in [-0.15, -0.1) is 0 Å². The molecule has 0 bridgehead atoms. The van der Waals surface area contributed by atoms with Crippen LogP contribution < -0.4 is 21.1 Å². The van der Waals surface area contributed by atoms with E-state index in [1.165, 1.54) is 7.11 Å². The van der Waals surface area contributed by atoms with Crippen LogP contribution in [-0.2, 0) is 4.79 Å². The third-order valence-electron chi connectivity index (χ3n) is 2.40. The molecule has 0 spiro atoms. The molecule has 0 aliphatic rings. The minimum absolute atomic E-state index is 0.165. The molecule has 0 aliphatic heterocycles. The van der Waals surface area contributed by atoms with E-state index in [1.807, 2.05) is 20.8 Å². The van der Waals surface area contributed by atoms with E-state index in [0.717, 1.165) is 13.0 Å². The number of ether oxygens (including phenoxy) is 1. The second-order valence-corrected chi connectivity index (χ2v) is 5.05. The van der Waals surface area contributed by atoms with E-state index in [-0.39, 0.29) is 12.4 Å². The van der Waals surface area contributed by atoms with Crippen molar-refractivity contribution < 1.29 is 9.53 Å².